The zero-order chi connectivity index (χ0) is 15.1. The predicted octanol–water partition coefficient (Wildman–Crippen LogP) is 2.85. The quantitative estimate of drug-likeness (QED) is 0.839. The maximum absolute atomic E-state index is 12.2. The number of amides is 1. The van der Waals surface area contributed by atoms with Crippen LogP contribution in [0.2, 0.25) is 5.02 Å². The van der Waals surface area contributed by atoms with Gasteiger partial charge in [0, 0.05) is 17.2 Å². The Bertz CT molecular complexity index is 529. The summed E-state index contributed by atoms with van der Waals surface area (Å²) in [4.78, 5) is 12.2. The molecular weight excluding hydrogens is 274 g/mol. The first-order valence-electron chi connectivity index (χ1n) is 6.69. The van der Waals surface area contributed by atoms with Gasteiger partial charge in [-0.05, 0) is 30.5 Å². The second-order valence-corrected chi connectivity index (χ2v) is 5.29. The number of nitrogens with one attached hydrogen (secondary N) is 1. The van der Waals surface area contributed by atoms with Crippen molar-refractivity contribution >= 4 is 17.5 Å². The van der Waals surface area contributed by atoms with Gasteiger partial charge < -0.3 is 10.4 Å². The fourth-order valence-corrected chi connectivity index (χ4v) is 2.11. The minimum Gasteiger partial charge on any atom is -0.384 e. The van der Waals surface area contributed by atoms with Gasteiger partial charge in [-0.25, -0.2) is 0 Å². The summed E-state index contributed by atoms with van der Waals surface area (Å²) in [5.74, 6) is 5.52. The topological polar surface area (TPSA) is 49.3 Å². The van der Waals surface area contributed by atoms with Crippen LogP contribution in [0, 0.1) is 17.8 Å². The minimum absolute atomic E-state index is 0.130. The van der Waals surface area contributed by atoms with E-state index < -0.39 is 0 Å². The minimum atomic E-state index is -0.217. The van der Waals surface area contributed by atoms with Gasteiger partial charge in [-0.1, -0.05) is 44.2 Å². The first kappa shape index (κ1) is 16.6. The molecule has 0 aliphatic heterocycles. The lowest BCUT2D eigenvalue weighted by Crippen LogP contribution is -2.38. The Labute approximate surface area is 125 Å². The number of benzene rings is 1. The number of aliphatic hydroxyl groups is 1. The van der Waals surface area contributed by atoms with E-state index in [-0.39, 0.29) is 18.6 Å². The molecule has 2 N–H and O–H groups in total. The van der Waals surface area contributed by atoms with Gasteiger partial charge in [0.2, 0.25) is 0 Å². The summed E-state index contributed by atoms with van der Waals surface area (Å²) in [6.07, 6.45) is 0.886. The van der Waals surface area contributed by atoms with Crippen molar-refractivity contribution in [2.75, 3.05) is 6.61 Å². The molecule has 1 amide bonds. The van der Waals surface area contributed by atoms with Gasteiger partial charge in [0.05, 0.1) is 5.02 Å². The van der Waals surface area contributed by atoms with E-state index in [4.69, 9.17) is 16.7 Å². The van der Waals surface area contributed by atoms with Gasteiger partial charge in [-0.2, -0.15) is 0 Å². The molecule has 0 saturated heterocycles. The Hall–Kier alpha value is -1.50. The maximum Gasteiger partial charge on any atom is 0.251 e. The van der Waals surface area contributed by atoms with Crippen molar-refractivity contribution in [3.63, 3.8) is 0 Å². The third-order valence-corrected chi connectivity index (χ3v) is 3.41. The Morgan fingerprint density at radius 2 is 2.15 bits per heavy atom. The van der Waals surface area contributed by atoms with E-state index in [1.807, 2.05) is 6.92 Å². The highest BCUT2D eigenvalue weighted by Crippen LogP contribution is 2.17. The molecule has 0 spiro atoms. The van der Waals surface area contributed by atoms with Crippen LogP contribution in [0.25, 0.3) is 0 Å². The summed E-state index contributed by atoms with van der Waals surface area (Å²) in [5.41, 5.74) is 1.12. The second-order valence-electron chi connectivity index (χ2n) is 4.89. The smallest absolute Gasteiger partial charge is 0.251 e. The van der Waals surface area contributed by atoms with Crippen LogP contribution in [0.1, 0.15) is 43.1 Å². The van der Waals surface area contributed by atoms with Gasteiger partial charge in [-0.3, -0.25) is 4.79 Å². The lowest BCUT2D eigenvalue weighted by Gasteiger charge is -2.20. The molecule has 0 heterocycles. The Morgan fingerprint density at radius 3 is 2.65 bits per heavy atom. The summed E-state index contributed by atoms with van der Waals surface area (Å²) < 4.78 is 0. The summed E-state index contributed by atoms with van der Waals surface area (Å²) in [5, 5.41) is 12.1. The van der Waals surface area contributed by atoms with E-state index in [0.717, 1.165) is 6.42 Å². The third-order valence-electron chi connectivity index (χ3n) is 3.09. The molecule has 0 radical (unpaired) electrons. The highest BCUT2D eigenvalue weighted by atomic mass is 35.5. The van der Waals surface area contributed by atoms with E-state index in [1.54, 1.807) is 18.2 Å². The number of carbonyl (C=O) groups is 1. The number of hydrogen-bond donors (Lipinski definition) is 2. The number of rotatable bonds is 4. The van der Waals surface area contributed by atoms with Crippen molar-refractivity contribution in [2.24, 2.45) is 5.92 Å². The van der Waals surface area contributed by atoms with Crippen molar-refractivity contribution in [2.45, 2.75) is 33.2 Å². The van der Waals surface area contributed by atoms with E-state index in [2.05, 4.69) is 31.0 Å². The Kier molecular flexibility index (Phi) is 6.57. The fraction of sp³-hybridized carbons (Fsp3) is 0.438. The van der Waals surface area contributed by atoms with Crippen molar-refractivity contribution in [3.8, 4) is 11.8 Å². The highest BCUT2D eigenvalue weighted by Gasteiger charge is 2.15. The third kappa shape index (κ3) is 4.56. The monoisotopic (exact) mass is 293 g/mol. The van der Waals surface area contributed by atoms with Crippen molar-refractivity contribution in [1.82, 2.24) is 5.32 Å². The molecule has 0 aromatic heterocycles. The van der Waals surface area contributed by atoms with Crippen LogP contribution < -0.4 is 5.32 Å². The molecule has 0 bridgehead atoms. The molecule has 1 rings (SSSR count). The normalized spacial score (nSPS) is 11.7. The molecule has 1 aromatic carbocycles. The molecule has 0 aliphatic rings. The van der Waals surface area contributed by atoms with Crippen LogP contribution in [0.4, 0.5) is 0 Å². The average molecular weight is 294 g/mol. The highest BCUT2D eigenvalue weighted by molar-refractivity contribution is 6.32. The van der Waals surface area contributed by atoms with E-state index in [1.165, 1.54) is 0 Å². The Morgan fingerprint density at radius 1 is 1.45 bits per heavy atom. The zero-order valence-electron chi connectivity index (χ0n) is 12.0. The van der Waals surface area contributed by atoms with Crippen LogP contribution in [0.5, 0.6) is 0 Å². The first-order chi connectivity index (χ1) is 9.49. The summed E-state index contributed by atoms with van der Waals surface area (Å²) >= 11 is 6.08. The molecule has 1 aromatic rings. The molecule has 3 nitrogen and oxygen atoms in total. The molecule has 0 saturated carbocycles. The molecule has 108 valence electrons. The van der Waals surface area contributed by atoms with E-state index in [9.17, 15) is 4.79 Å². The lowest BCUT2D eigenvalue weighted by atomic mass is 10.0. The summed E-state index contributed by atoms with van der Waals surface area (Å²) in [7, 11) is 0. The molecule has 1 unspecified atom stereocenters. The summed E-state index contributed by atoms with van der Waals surface area (Å²) in [6, 6.07) is 5.13. The molecular formula is C16H20ClNO2. The first-order valence-corrected chi connectivity index (χ1v) is 7.07. The van der Waals surface area contributed by atoms with Gasteiger partial charge in [-0.15, -0.1) is 0 Å². The van der Waals surface area contributed by atoms with Gasteiger partial charge in [0.15, 0.2) is 0 Å². The maximum atomic E-state index is 12.2. The number of halogens is 1. The fourth-order valence-electron chi connectivity index (χ4n) is 1.88. The lowest BCUT2D eigenvalue weighted by molar-refractivity contribution is 0.0924. The molecule has 4 heteroatoms. The standard InChI is InChI=1S/C16H20ClNO2/c1-4-15(11(2)3)18-16(20)13-8-7-12(6-5-9-19)14(17)10-13/h7-8,10-11,15,19H,4,9H2,1-3H3,(H,18,20). The molecule has 1 atom stereocenters. The molecule has 0 aliphatic carbocycles. The van der Waals surface area contributed by atoms with Gasteiger partial charge in [0.25, 0.3) is 5.91 Å². The molecule has 20 heavy (non-hydrogen) atoms. The second kappa shape index (κ2) is 7.94. The van der Waals surface area contributed by atoms with Crippen molar-refractivity contribution < 1.29 is 9.90 Å². The number of aliphatic hydroxyl groups excluding tert-OH is 1. The summed E-state index contributed by atoms with van der Waals surface area (Å²) in [6.45, 7) is 5.99. The van der Waals surface area contributed by atoms with E-state index >= 15 is 0 Å². The number of hydrogen-bond acceptors (Lipinski definition) is 2. The predicted molar refractivity (Wildman–Crippen MR) is 81.8 cm³/mol. The van der Waals surface area contributed by atoms with Crippen LogP contribution in [0.15, 0.2) is 18.2 Å². The number of carbonyl (C=O) groups excluding carboxylic acids is 1. The van der Waals surface area contributed by atoms with Crippen molar-refractivity contribution in [1.29, 1.82) is 0 Å². The van der Waals surface area contributed by atoms with Gasteiger partial charge in [0.1, 0.15) is 6.61 Å². The van der Waals surface area contributed by atoms with E-state index in [0.29, 0.717) is 22.1 Å². The average Bonchev–Trinajstić information content (AvgIpc) is 2.42. The van der Waals surface area contributed by atoms with Crippen LogP contribution >= 0.6 is 11.6 Å². The van der Waals surface area contributed by atoms with Gasteiger partial charge >= 0.3 is 0 Å². The SMILES string of the molecule is CCC(NC(=O)c1ccc(C#CCO)c(Cl)c1)C(C)C. The largest absolute Gasteiger partial charge is 0.384 e. The van der Waals surface area contributed by atoms with Crippen LogP contribution in [-0.4, -0.2) is 23.7 Å². The zero-order valence-corrected chi connectivity index (χ0v) is 12.8. The molecule has 0 fully saturated rings. The Balaban J connectivity index is 2.87. The van der Waals surface area contributed by atoms with Crippen LogP contribution in [-0.2, 0) is 0 Å². The van der Waals surface area contributed by atoms with Crippen LogP contribution in [0.3, 0.4) is 0 Å². The van der Waals surface area contributed by atoms with Crippen molar-refractivity contribution in [3.05, 3.63) is 34.3 Å².